The Balaban J connectivity index is 1.63. The van der Waals surface area contributed by atoms with Crippen LogP contribution in [0.25, 0.3) is 0 Å². The monoisotopic (exact) mass is 444 g/mol. The maximum Gasteiger partial charge on any atom is 0.262 e. The van der Waals surface area contributed by atoms with Crippen molar-refractivity contribution in [2.75, 3.05) is 11.9 Å². The van der Waals surface area contributed by atoms with E-state index < -0.39 is 16.1 Å². The normalized spacial score (nSPS) is 12.2. The van der Waals surface area contributed by atoms with Gasteiger partial charge in [0, 0.05) is 11.7 Å². The van der Waals surface area contributed by atoms with E-state index in [1.807, 2.05) is 36.4 Å². The molecule has 0 aromatic heterocycles. The molecule has 0 aliphatic carbocycles. The first-order valence-corrected chi connectivity index (χ1v) is 11.1. The molecule has 0 saturated heterocycles. The SMILES string of the molecule is CC(NS(=O)(=O)c1ccc(OCC(=O)Nc2ccccc2)c(Cl)c1)c1ccccc1. The third-order valence-electron chi connectivity index (χ3n) is 4.26. The van der Waals surface area contributed by atoms with Gasteiger partial charge in [0.05, 0.1) is 9.92 Å². The van der Waals surface area contributed by atoms with Crippen LogP contribution in [0.15, 0.2) is 83.8 Å². The van der Waals surface area contributed by atoms with E-state index in [1.54, 1.807) is 31.2 Å². The molecule has 0 saturated carbocycles. The minimum Gasteiger partial charge on any atom is -0.482 e. The number of ether oxygens (including phenoxy) is 1. The zero-order valence-corrected chi connectivity index (χ0v) is 17.8. The van der Waals surface area contributed by atoms with Crippen LogP contribution in [-0.4, -0.2) is 20.9 Å². The largest absolute Gasteiger partial charge is 0.482 e. The summed E-state index contributed by atoms with van der Waals surface area (Å²) in [7, 11) is -3.79. The van der Waals surface area contributed by atoms with Crippen molar-refractivity contribution in [3.05, 3.63) is 89.4 Å². The lowest BCUT2D eigenvalue weighted by molar-refractivity contribution is -0.118. The van der Waals surface area contributed by atoms with Gasteiger partial charge in [-0.05, 0) is 42.8 Å². The first-order valence-electron chi connectivity index (χ1n) is 9.20. The summed E-state index contributed by atoms with van der Waals surface area (Å²) in [5.74, 6) is -0.137. The molecule has 30 heavy (non-hydrogen) atoms. The van der Waals surface area contributed by atoms with Gasteiger partial charge in [-0.25, -0.2) is 13.1 Å². The summed E-state index contributed by atoms with van der Waals surface area (Å²) >= 11 is 6.18. The molecule has 1 amide bonds. The second kappa shape index (κ2) is 9.75. The van der Waals surface area contributed by atoms with Crippen molar-refractivity contribution in [2.45, 2.75) is 17.9 Å². The van der Waals surface area contributed by atoms with Crippen molar-refractivity contribution >= 4 is 33.2 Å². The van der Waals surface area contributed by atoms with E-state index in [0.29, 0.717) is 5.69 Å². The van der Waals surface area contributed by atoms with E-state index >= 15 is 0 Å². The van der Waals surface area contributed by atoms with Crippen LogP contribution >= 0.6 is 11.6 Å². The maximum absolute atomic E-state index is 12.7. The minimum absolute atomic E-state index is 0.0105. The Labute approximate surface area is 180 Å². The fourth-order valence-corrected chi connectivity index (χ4v) is 4.30. The number of rotatable bonds is 8. The summed E-state index contributed by atoms with van der Waals surface area (Å²) in [6, 6.07) is 21.9. The summed E-state index contributed by atoms with van der Waals surface area (Å²) in [6.07, 6.45) is 0. The summed E-state index contributed by atoms with van der Waals surface area (Å²) in [5, 5.41) is 2.79. The lowest BCUT2D eigenvalue weighted by Crippen LogP contribution is -2.27. The van der Waals surface area contributed by atoms with Crippen molar-refractivity contribution in [1.82, 2.24) is 4.72 Å². The van der Waals surface area contributed by atoms with E-state index in [2.05, 4.69) is 10.0 Å². The van der Waals surface area contributed by atoms with Crippen LogP contribution in [0.4, 0.5) is 5.69 Å². The predicted molar refractivity (Wildman–Crippen MR) is 117 cm³/mol. The van der Waals surface area contributed by atoms with Crippen LogP contribution < -0.4 is 14.8 Å². The third-order valence-corrected chi connectivity index (χ3v) is 6.10. The van der Waals surface area contributed by atoms with Crippen LogP contribution in [0.3, 0.4) is 0 Å². The Bertz CT molecular complexity index is 1110. The van der Waals surface area contributed by atoms with E-state index in [9.17, 15) is 13.2 Å². The molecule has 0 bridgehead atoms. The van der Waals surface area contributed by atoms with Gasteiger partial charge in [-0.15, -0.1) is 0 Å². The standard InChI is InChI=1S/C22H21ClN2O4S/c1-16(17-8-4-2-5-9-17)25-30(27,28)19-12-13-21(20(23)14-19)29-15-22(26)24-18-10-6-3-7-11-18/h2-14,16,25H,15H2,1H3,(H,24,26). The second-order valence-corrected chi connectivity index (χ2v) is 8.67. The lowest BCUT2D eigenvalue weighted by Gasteiger charge is -2.15. The average Bonchev–Trinajstić information content (AvgIpc) is 2.74. The summed E-state index contributed by atoms with van der Waals surface area (Å²) < 4.78 is 33.4. The van der Waals surface area contributed by atoms with Gasteiger partial charge in [-0.1, -0.05) is 60.1 Å². The molecular formula is C22H21ClN2O4S. The Hall–Kier alpha value is -2.87. The van der Waals surface area contributed by atoms with Crippen molar-refractivity contribution in [2.24, 2.45) is 0 Å². The molecule has 1 atom stereocenters. The molecule has 0 aliphatic heterocycles. The van der Waals surface area contributed by atoms with Gasteiger partial charge in [0.2, 0.25) is 10.0 Å². The van der Waals surface area contributed by atoms with Gasteiger partial charge in [-0.2, -0.15) is 0 Å². The highest BCUT2D eigenvalue weighted by atomic mass is 35.5. The highest BCUT2D eigenvalue weighted by Gasteiger charge is 2.20. The molecule has 6 nitrogen and oxygen atoms in total. The number of carbonyl (C=O) groups is 1. The van der Waals surface area contributed by atoms with Gasteiger partial charge in [0.15, 0.2) is 6.61 Å². The number of nitrogens with one attached hydrogen (secondary N) is 2. The smallest absolute Gasteiger partial charge is 0.262 e. The fraction of sp³-hybridized carbons (Fsp3) is 0.136. The predicted octanol–water partition coefficient (Wildman–Crippen LogP) is 4.40. The number of sulfonamides is 1. The molecule has 3 aromatic carbocycles. The zero-order valence-electron chi connectivity index (χ0n) is 16.2. The molecule has 3 aromatic rings. The van der Waals surface area contributed by atoms with Gasteiger partial charge in [0.1, 0.15) is 5.75 Å². The van der Waals surface area contributed by atoms with Crippen LogP contribution in [0.2, 0.25) is 5.02 Å². The highest BCUT2D eigenvalue weighted by Crippen LogP contribution is 2.28. The Morgan fingerprint density at radius 2 is 1.63 bits per heavy atom. The fourth-order valence-electron chi connectivity index (χ4n) is 2.74. The average molecular weight is 445 g/mol. The van der Waals surface area contributed by atoms with Crippen molar-refractivity contribution in [1.29, 1.82) is 0 Å². The molecule has 0 radical (unpaired) electrons. The number of halogens is 1. The number of anilines is 1. The first-order chi connectivity index (χ1) is 14.3. The maximum atomic E-state index is 12.7. The molecule has 156 valence electrons. The van der Waals surface area contributed by atoms with E-state index in [0.717, 1.165) is 5.56 Å². The molecular weight excluding hydrogens is 424 g/mol. The second-order valence-electron chi connectivity index (χ2n) is 6.55. The topological polar surface area (TPSA) is 84.5 Å². The van der Waals surface area contributed by atoms with Gasteiger partial charge in [-0.3, -0.25) is 4.79 Å². The summed E-state index contributed by atoms with van der Waals surface area (Å²) in [6.45, 7) is 1.50. The quantitative estimate of drug-likeness (QED) is 0.539. The number of hydrogen-bond acceptors (Lipinski definition) is 4. The minimum atomic E-state index is -3.79. The highest BCUT2D eigenvalue weighted by molar-refractivity contribution is 7.89. The van der Waals surface area contributed by atoms with E-state index in [1.165, 1.54) is 18.2 Å². The molecule has 2 N–H and O–H groups in total. The van der Waals surface area contributed by atoms with E-state index in [-0.39, 0.29) is 28.2 Å². The molecule has 0 heterocycles. The molecule has 0 spiro atoms. The van der Waals surface area contributed by atoms with Gasteiger partial charge in [0.25, 0.3) is 5.91 Å². The number of carbonyl (C=O) groups excluding carboxylic acids is 1. The summed E-state index contributed by atoms with van der Waals surface area (Å²) in [5.41, 5.74) is 1.49. The van der Waals surface area contributed by atoms with Crippen LogP contribution in [0.5, 0.6) is 5.75 Å². The van der Waals surface area contributed by atoms with Crippen LogP contribution in [0, 0.1) is 0 Å². The Morgan fingerprint density at radius 1 is 1.00 bits per heavy atom. The van der Waals surface area contributed by atoms with Crippen LogP contribution in [0.1, 0.15) is 18.5 Å². The van der Waals surface area contributed by atoms with Gasteiger partial charge >= 0.3 is 0 Å². The van der Waals surface area contributed by atoms with E-state index in [4.69, 9.17) is 16.3 Å². The number of hydrogen-bond donors (Lipinski definition) is 2. The Morgan fingerprint density at radius 3 is 2.27 bits per heavy atom. The molecule has 3 rings (SSSR count). The van der Waals surface area contributed by atoms with Gasteiger partial charge < -0.3 is 10.1 Å². The molecule has 1 unspecified atom stereocenters. The Kier molecular flexibility index (Phi) is 7.10. The lowest BCUT2D eigenvalue weighted by atomic mass is 10.1. The third kappa shape index (κ3) is 5.82. The van der Waals surface area contributed by atoms with Crippen molar-refractivity contribution in [3.63, 3.8) is 0 Å². The van der Waals surface area contributed by atoms with Crippen molar-refractivity contribution < 1.29 is 17.9 Å². The molecule has 0 fully saturated rings. The van der Waals surface area contributed by atoms with Crippen LogP contribution in [-0.2, 0) is 14.8 Å². The summed E-state index contributed by atoms with van der Waals surface area (Å²) in [4.78, 5) is 12.0. The number of benzene rings is 3. The first kappa shape index (κ1) is 21.8. The molecule has 8 heteroatoms. The number of amides is 1. The number of para-hydroxylation sites is 1. The molecule has 0 aliphatic rings. The van der Waals surface area contributed by atoms with Crippen molar-refractivity contribution in [3.8, 4) is 5.75 Å². The zero-order chi connectivity index (χ0) is 21.6.